The molecule has 1 aliphatic carbocycles. The first-order valence-corrected chi connectivity index (χ1v) is 6.28. The Morgan fingerprint density at radius 1 is 1.12 bits per heavy atom. The molecule has 0 saturated heterocycles. The molecule has 2 N–H and O–H groups in total. The highest BCUT2D eigenvalue weighted by atomic mass is 16.2. The van der Waals surface area contributed by atoms with Crippen LogP contribution in [0.25, 0.3) is 0 Å². The van der Waals surface area contributed by atoms with Gasteiger partial charge in [0.15, 0.2) is 0 Å². The maximum atomic E-state index is 11.5. The fraction of sp³-hybridized carbons (Fsp3) is 0.833. The van der Waals surface area contributed by atoms with Crippen LogP contribution >= 0.6 is 0 Å². The molecule has 0 aliphatic heterocycles. The Labute approximate surface area is 97.2 Å². The van der Waals surface area contributed by atoms with Crippen LogP contribution in [-0.2, 0) is 9.59 Å². The second kappa shape index (κ2) is 7.25. The maximum absolute atomic E-state index is 11.5. The number of carbonyl (C=O) groups excluding carboxylic acids is 2. The summed E-state index contributed by atoms with van der Waals surface area (Å²) in [4.78, 5) is 22.8. The normalized spacial score (nSPS) is 16.8. The SMILES string of the molecule is CCCNC(=O)CC(=O)NC1CCCCC1. The van der Waals surface area contributed by atoms with E-state index in [4.69, 9.17) is 0 Å². The molecule has 4 heteroatoms. The molecule has 0 radical (unpaired) electrons. The standard InChI is InChI=1S/C12H22N2O2/c1-2-8-13-11(15)9-12(16)14-10-6-4-3-5-7-10/h10H,2-9H2,1H3,(H,13,15)(H,14,16). The number of carbonyl (C=O) groups is 2. The van der Waals surface area contributed by atoms with Gasteiger partial charge in [0.25, 0.3) is 0 Å². The number of nitrogens with one attached hydrogen (secondary N) is 2. The summed E-state index contributed by atoms with van der Waals surface area (Å²) >= 11 is 0. The van der Waals surface area contributed by atoms with Crippen molar-refractivity contribution in [1.29, 1.82) is 0 Å². The Bertz CT molecular complexity index is 235. The minimum Gasteiger partial charge on any atom is -0.356 e. The molecular weight excluding hydrogens is 204 g/mol. The zero-order valence-electron chi connectivity index (χ0n) is 10.1. The number of rotatable bonds is 5. The van der Waals surface area contributed by atoms with E-state index in [-0.39, 0.29) is 18.2 Å². The minimum atomic E-state index is -0.171. The van der Waals surface area contributed by atoms with Gasteiger partial charge in [-0.2, -0.15) is 0 Å². The van der Waals surface area contributed by atoms with Gasteiger partial charge in [-0.1, -0.05) is 26.2 Å². The van der Waals surface area contributed by atoms with Crippen molar-refractivity contribution in [2.75, 3.05) is 6.54 Å². The molecule has 0 bridgehead atoms. The minimum absolute atomic E-state index is 0.0313. The van der Waals surface area contributed by atoms with E-state index in [2.05, 4.69) is 10.6 Å². The topological polar surface area (TPSA) is 58.2 Å². The van der Waals surface area contributed by atoms with Crippen molar-refractivity contribution in [3.05, 3.63) is 0 Å². The van der Waals surface area contributed by atoms with Crippen LogP contribution in [0.4, 0.5) is 0 Å². The van der Waals surface area contributed by atoms with Crippen molar-refractivity contribution in [1.82, 2.24) is 10.6 Å². The van der Waals surface area contributed by atoms with Crippen LogP contribution in [0.1, 0.15) is 51.9 Å². The lowest BCUT2D eigenvalue weighted by molar-refractivity contribution is -0.129. The number of hydrogen-bond acceptors (Lipinski definition) is 2. The monoisotopic (exact) mass is 226 g/mol. The average molecular weight is 226 g/mol. The van der Waals surface area contributed by atoms with Gasteiger partial charge in [0.2, 0.25) is 11.8 Å². The summed E-state index contributed by atoms with van der Waals surface area (Å²) in [6, 6.07) is 0.292. The van der Waals surface area contributed by atoms with Crippen molar-refractivity contribution in [3.63, 3.8) is 0 Å². The number of hydrogen-bond donors (Lipinski definition) is 2. The molecule has 0 spiro atoms. The Hall–Kier alpha value is -1.06. The molecule has 0 aromatic heterocycles. The zero-order valence-corrected chi connectivity index (χ0v) is 10.1. The lowest BCUT2D eigenvalue weighted by Gasteiger charge is -2.22. The fourth-order valence-corrected chi connectivity index (χ4v) is 2.00. The van der Waals surface area contributed by atoms with Crippen LogP contribution in [0.2, 0.25) is 0 Å². The Morgan fingerprint density at radius 3 is 2.44 bits per heavy atom. The summed E-state index contributed by atoms with van der Waals surface area (Å²) in [6.07, 6.45) is 6.63. The van der Waals surface area contributed by atoms with E-state index in [1.54, 1.807) is 0 Å². The van der Waals surface area contributed by atoms with Crippen LogP contribution < -0.4 is 10.6 Å². The van der Waals surface area contributed by atoms with E-state index in [0.717, 1.165) is 19.3 Å². The molecule has 1 rings (SSSR count). The summed E-state index contributed by atoms with van der Waals surface area (Å²) < 4.78 is 0. The van der Waals surface area contributed by atoms with E-state index in [1.165, 1.54) is 19.3 Å². The van der Waals surface area contributed by atoms with E-state index < -0.39 is 0 Å². The van der Waals surface area contributed by atoms with Gasteiger partial charge in [0, 0.05) is 12.6 Å². The maximum Gasteiger partial charge on any atom is 0.229 e. The van der Waals surface area contributed by atoms with Crippen molar-refractivity contribution in [2.45, 2.75) is 57.9 Å². The summed E-state index contributed by atoms with van der Waals surface area (Å²) in [5.74, 6) is -0.310. The van der Waals surface area contributed by atoms with Gasteiger partial charge in [0.1, 0.15) is 6.42 Å². The van der Waals surface area contributed by atoms with Gasteiger partial charge < -0.3 is 10.6 Å². The Morgan fingerprint density at radius 2 is 1.81 bits per heavy atom. The molecule has 0 unspecified atom stereocenters. The summed E-state index contributed by atoms with van der Waals surface area (Å²) in [5, 5.41) is 5.63. The molecular formula is C12H22N2O2. The van der Waals surface area contributed by atoms with Crippen LogP contribution in [0.15, 0.2) is 0 Å². The van der Waals surface area contributed by atoms with Crippen LogP contribution in [-0.4, -0.2) is 24.4 Å². The van der Waals surface area contributed by atoms with Crippen molar-refractivity contribution in [3.8, 4) is 0 Å². The molecule has 1 aliphatic rings. The smallest absolute Gasteiger partial charge is 0.229 e. The fourth-order valence-electron chi connectivity index (χ4n) is 2.00. The third-order valence-corrected chi connectivity index (χ3v) is 2.86. The highest BCUT2D eigenvalue weighted by molar-refractivity contribution is 5.96. The van der Waals surface area contributed by atoms with Gasteiger partial charge in [-0.05, 0) is 19.3 Å². The highest BCUT2D eigenvalue weighted by Crippen LogP contribution is 2.17. The van der Waals surface area contributed by atoms with Gasteiger partial charge in [-0.3, -0.25) is 9.59 Å². The second-order valence-corrected chi connectivity index (χ2v) is 4.43. The molecule has 0 atom stereocenters. The van der Waals surface area contributed by atoms with E-state index in [9.17, 15) is 9.59 Å². The average Bonchev–Trinajstić information content (AvgIpc) is 2.27. The molecule has 2 amide bonds. The summed E-state index contributed by atoms with van der Waals surface area (Å²) in [6.45, 7) is 2.64. The van der Waals surface area contributed by atoms with E-state index in [0.29, 0.717) is 12.6 Å². The largest absolute Gasteiger partial charge is 0.356 e. The number of amides is 2. The predicted molar refractivity (Wildman–Crippen MR) is 62.9 cm³/mol. The van der Waals surface area contributed by atoms with Crippen molar-refractivity contribution >= 4 is 11.8 Å². The van der Waals surface area contributed by atoms with Gasteiger partial charge in [0.05, 0.1) is 0 Å². The van der Waals surface area contributed by atoms with Gasteiger partial charge >= 0.3 is 0 Å². The first-order chi connectivity index (χ1) is 7.72. The van der Waals surface area contributed by atoms with Crippen molar-refractivity contribution in [2.24, 2.45) is 0 Å². The Balaban J connectivity index is 2.16. The molecule has 4 nitrogen and oxygen atoms in total. The van der Waals surface area contributed by atoms with Crippen molar-refractivity contribution < 1.29 is 9.59 Å². The van der Waals surface area contributed by atoms with Gasteiger partial charge in [-0.15, -0.1) is 0 Å². The molecule has 0 aromatic carbocycles. The van der Waals surface area contributed by atoms with E-state index in [1.807, 2.05) is 6.92 Å². The van der Waals surface area contributed by atoms with Crippen LogP contribution in [0, 0.1) is 0 Å². The predicted octanol–water partition coefficient (Wildman–Crippen LogP) is 1.35. The third kappa shape index (κ3) is 5.14. The zero-order chi connectivity index (χ0) is 11.8. The summed E-state index contributed by atoms with van der Waals surface area (Å²) in [7, 11) is 0. The van der Waals surface area contributed by atoms with Crippen LogP contribution in [0.5, 0.6) is 0 Å². The summed E-state index contributed by atoms with van der Waals surface area (Å²) in [5.41, 5.74) is 0. The first kappa shape index (κ1) is 13.0. The first-order valence-electron chi connectivity index (χ1n) is 6.28. The molecule has 0 aromatic rings. The third-order valence-electron chi connectivity index (χ3n) is 2.86. The lowest BCUT2D eigenvalue weighted by Crippen LogP contribution is -2.39. The highest BCUT2D eigenvalue weighted by Gasteiger charge is 2.17. The lowest BCUT2D eigenvalue weighted by atomic mass is 9.95. The molecule has 92 valence electrons. The van der Waals surface area contributed by atoms with Gasteiger partial charge in [-0.25, -0.2) is 0 Å². The second-order valence-electron chi connectivity index (χ2n) is 4.43. The van der Waals surface area contributed by atoms with Crippen LogP contribution in [0.3, 0.4) is 0 Å². The quantitative estimate of drug-likeness (QED) is 0.695. The van der Waals surface area contributed by atoms with E-state index >= 15 is 0 Å². The Kier molecular flexibility index (Phi) is 5.90. The molecule has 16 heavy (non-hydrogen) atoms. The molecule has 1 fully saturated rings. The molecule has 0 heterocycles. The molecule has 1 saturated carbocycles.